The number of carbonyl (C=O) groups is 4. The Bertz CT molecular complexity index is 1620. The molecule has 8 nitrogen and oxygen atoms in total. The third-order valence-electron chi connectivity index (χ3n) is 6.50. The number of aryl methyl sites for hydroxylation is 2. The maximum atomic E-state index is 12.3. The van der Waals surface area contributed by atoms with Crippen LogP contribution in [0, 0.1) is 13.8 Å². The molecule has 2 aliphatic carbocycles. The Morgan fingerprint density at radius 3 is 1.13 bits per heavy atom. The number of fused-ring (bicyclic) bond motifs is 4. The van der Waals surface area contributed by atoms with Crippen LogP contribution in [0.25, 0.3) is 0 Å². The van der Waals surface area contributed by atoms with Crippen molar-refractivity contribution in [2.45, 2.75) is 13.8 Å². The molecule has 2 aliphatic rings. The molecule has 4 aromatic carbocycles. The summed E-state index contributed by atoms with van der Waals surface area (Å²) >= 11 is 0. The van der Waals surface area contributed by atoms with Crippen LogP contribution in [0.3, 0.4) is 0 Å². The van der Waals surface area contributed by atoms with E-state index in [0.29, 0.717) is 11.1 Å². The lowest BCUT2D eigenvalue weighted by Gasteiger charge is -2.19. The highest BCUT2D eigenvalue weighted by atomic mass is 16.3. The van der Waals surface area contributed by atoms with Crippen molar-refractivity contribution in [2.75, 3.05) is 0 Å². The lowest BCUT2D eigenvalue weighted by atomic mass is 9.82. The Labute approximate surface area is 216 Å². The Morgan fingerprint density at radius 1 is 0.421 bits per heavy atom. The summed E-state index contributed by atoms with van der Waals surface area (Å²) in [4.78, 5) is 49.3. The van der Waals surface area contributed by atoms with Gasteiger partial charge in [0.05, 0.1) is 22.3 Å². The first kappa shape index (κ1) is 24.5. The van der Waals surface area contributed by atoms with Crippen LogP contribution < -0.4 is 0 Å². The van der Waals surface area contributed by atoms with Gasteiger partial charge in [-0.2, -0.15) is 0 Å². The van der Waals surface area contributed by atoms with Crippen LogP contribution >= 0.6 is 0 Å². The van der Waals surface area contributed by atoms with E-state index in [1.165, 1.54) is 48.5 Å². The summed E-state index contributed by atoms with van der Waals surface area (Å²) in [6.07, 6.45) is 0. The van der Waals surface area contributed by atoms with E-state index in [1.54, 1.807) is 26.0 Å². The van der Waals surface area contributed by atoms with Crippen molar-refractivity contribution in [2.24, 2.45) is 0 Å². The van der Waals surface area contributed by atoms with Gasteiger partial charge in [0, 0.05) is 22.3 Å². The third-order valence-corrected chi connectivity index (χ3v) is 6.50. The second-order valence-corrected chi connectivity index (χ2v) is 9.13. The monoisotopic (exact) mass is 508 g/mol. The molecule has 0 aromatic heterocycles. The number of rotatable bonds is 0. The first-order valence-corrected chi connectivity index (χ1v) is 11.5. The average molecular weight is 508 g/mol. The van der Waals surface area contributed by atoms with Gasteiger partial charge in [0.25, 0.3) is 0 Å². The SMILES string of the molecule is Cc1cc(O)c2c(c1)C(=O)c1cccc(O)c1C2=O.Cc1cc(O)c2c(c1)C(=O)c1cccc(O)c1C2=O. The van der Waals surface area contributed by atoms with Crippen molar-refractivity contribution < 1.29 is 39.6 Å². The highest BCUT2D eigenvalue weighted by Gasteiger charge is 2.35. The summed E-state index contributed by atoms with van der Waals surface area (Å²) in [5.41, 5.74) is 1.93. The number of phenolic OH excluding ortho intramolecular Hbond substituents is 4. The van der Waals surface area contributed by atoms with Crippen LogP contribution in [-0.4, -0.2) is 43.6 Å². The smallest absolute Gasteiger partial charge is 0.201 e. The van der Waals surface area contributed by atoms with Gasteiger partial charge in [-0.15, -0.1) is 0 Å². The van der Waals surface area contributed by atoms with Crippen molar-refractivity contribution in [1.82, 2.24) is 0 Å². The minimum absolute atomic E-state index is 0.0374. The highest BCUT2D eigenvalue weighted by Crippen LogP contribution is 2.38. The molecule has 0 saturated carbocycles. The number of benzene rings is 4. The van der Waals surface area contributed by atoms with E-state index in [0.717, 1.165) is 0 Å². The fourth-order valence-electron chi connectivity index (χ4n) is 4.85. The topological polar surface area (TPSA) is 149 Å². The van der Waals surface area contributed by atoms with E-state index in [2.05, 4.69) is 0 Å². The van der Waals surface area contributed by atoms with E-state index in [1.807, 2.05) is 0 Å². The molecule has 0 aliphatic heterocycles. The largest absolute Gasteiger partial charge is 0.507 e. The first-order valence-electron chi connectivity index (χ1n) is 11.5. The van der Waals surface area contributed by atoms with Crippen molar-refractivity contribution in [3.8, 4) is 23.0 Å². The van der Waals surface area contributed by atoms with Crippen molar-refractivity contribution >= 4 is 23.1 Å². The van der Waals surface area contributed by atoms with E-state index < -0.39 is 11.6 Å². The Morgan fingerprint density at radius 2 is 0.763 bits per heavy atom. The number of carbonyl (C=O) groups excluding carboxylic acids is 4. The molecule has 0 radical (unpaired) electrons. The van der Waals surface area contributed by atoms with Gasteiger partial charge in [-0.05, 0) is 61.4 Å². The second-order valence-electron chi connectivity index (χ2n) is 9.13. The summed E-state index contributed by atoms with van der Waals surface area (Å²) in [5, 5.41) is 39.3. The molecule has 0 spiro atoms. The maximum Gasteiger partial charge on any atom is 0.201 e. The molecule has 0 fully saturated rings. The summed E-state index contributed by atoms with van der Waals surface area (Å²) in [5.74, 6) is -2.74. The molecular weight excluding hydrogens is 488 g/mol. The molecule has 4 N–H and O–H groups in total. The van der Waals surface area contributed by atoms with Gasteiger partial charge in [-0.25, -0.2) is 0 Å². The molecular formula is C30H20O8. The van der Waals surface area contributed by atoms with Crippen LogP contribution in [0.4, 0.5) is 0 Å². The minimum atomic E-state index is -0.528. The lowest BCUT2D eigenvalue weighted by Crippen LogP contribution is -2.21. The molecule has 0 saturated heterocycles. The van der Waals surface area contributed by atoms with Gasteiger partial charge in [0.15, 0.2) is 11.6 Å². The zero-order chi connectivity index (χ0) is 27.5. The van der Waals surface area contributed by atoms with Gasteiger partial charge in [-0.1, -0.05) is 24.3 Å². The minimum Gasteiger partial charge on any atom is -0.507 e. The average Bonchev–Trinajstić information content (AvgIpc) is 2.85. The van der Waals surface area contributed by atoms with E-state index in [4.69, 9.17) is 0 Å². The fourth-order valence-corrected chi connectivity index (χ4v) is 4.85. The first-order chi connectivity index (χ1) is 18.0. The summed E-state index contributed by atoms with van der Waals surface area (Å²) in [7, 11) is 0. The molecule has 0 atom stereocenters. The van der Waals surface area contributed by atoms with Gasteiger partial charge >= 0.3 is 0 Å². The standard InChI is InChI=1S/2C15H10O4/c2*1-7-5-9-13(11(17)6-7)15(19)12-8(14(9)18)3-2-4-10(12)16/h2*2-6,16-17H,1H3. The number of hydrogen-bond acceptors (Lipinski definition) is 8. The third kappa shape index (κ3) is 3.62. The van der Waals surface area contributed by atoms with Crippen LogP contribution in [0.15, 0.2) is 60.7 Å². The summed E-state index contributed by atoms with van der Waals surface area (Å²) in [6, 6.07) is 14.7. The van der Waals surface area contributed by atoms with Crippen molar-refractivity contribution in [3.05, 3.63) is 116 Å². The predicted molar refractivity (Wildman–Crippen MR) is 136 cm³/mol. The highest BCUT2D eigenvalue weighted by molar-refractivity contribution is 6.31. The molecule has 38 heavy (non-hydrogen) atoms. The summed E-state index contributed by atoms with van der Waals surface area (Å²) in [6.45, 7) is 3.46. The molecule has 4 aromatic rings. The molecule has 8 heteroatoms. The van der Waals surface area contributed by atoms with Gasteiger partial charge in [-0.3, -0.25) is 19.2 Å². The van der Waals surface area contributed by atoms with Gasteiger partial charge in [0.1, 0.15) is 23.0 Å². The van der Waals surface area contributed by atoms with E-state index >= 15 is 0 Å². The van der Waals surface area contributed by atoms with Crippen molar-refractivity contribution in [3.63, 3.8) is 0 Å². The number of phenols is 4. The molecule has 188 valence electrons. The molecule has 0 bridgehead atoms. The van der Waals surface area contributed by atoms with Crippen LogP contribution in [-0.2, 0) is 0 Å². The van der Waals surface area contributed by atoms with Gasteiger partial charge in [0.2, 0.25) is 11.6 Å². The molecule has 6 rings (SSSR count). The lowest BCUT2D eigenvalue weighted by molar-refractivity contribution is 0.0974. The summed E-state index contributed by atoms with van der Waals surface area (Å²) < 4.78 is 0. The Balaban J connectivity index is 0.000000155. The zero-order valence-electron chi connectivity index (χ0n) is 20.2. The number of ketones is 4. The van der Waals surface area contributed by atoms with E-state index in [9.17, 15) is 39.6 Å². The zero-order valence-corrected chi connectivity index (χ0v) is 20.2. The van der Waals surface area contributed by atoms with E-state index in [-0.39, 0.29) is 79.1 Å². The molecule has 0 unspecified atom stereocenters. The second kappa shape index (κ2) is 8.70. The van der Waals surface area contributed by atoms with Crippen LogP contribution in [0.2, 0.25) is 0 Å². The quantitative estimate of drug-likeness (QED) is 0.236. The molecule has 0 amide bonds. The Kier molecular flexibility index (Phi) is 5.60. The number of hydrogen-bond donors (Lipinski definition) is 4. The number of aromatic hydroxyl groups is 4. The molecule has 0 heterocycles. The maximum absolute atomic E-state index is 12.3. The predicted octanol–water partition coefficient (Wildman–Crippen LogP) is 4.36. The van der Waals surface area contributed by atoms with Crippen LogP contribution in [0.5, 0.6) is 23.0 Å². The Hall–Kier alpha value is -5.24. The normalized spacial score (nSPS) is 13.1. The van der Waals surface area contributed by atoms with Crippen LogP contribution in [0.1, 0.15) is 74.8 Å². The van der Waals surface area contributed by atoms with Gasteiger partial charge < -0.3 is 20.4 Å². The fraction of sp³-hybridized carbons (Fsp3) is 0.0667. The van der Waals surface area contributed by atoms with Crippen molar-refractivity contribution in [1.29, 1.82) is 0 Å².